The SMILES string of the molecule is C1=CN(c2ncccn2)CN1c1cccc(Oc2ccc3c4ccccc4n(-c4ccccn4)c3c2)c1. The van der Waals surface area contributed by atoms with Crippen LogP contribution in [-0.4, -0.2) is 26.2 Å². The van der Waals surface area contributed by atoms with Gasteiger partial charge in [-0.3, -0.25) is 9.47 Å². The summed E-state index contributed by atoms with van der Waals surface area (Å²) in [6.45, 7) is 0.629. The van der Waals surface area contributed by atoms with Crippen LogP contribution in [0.3, 0.4) is 0 Å². The number of para-hydroxylation sites is 1. The van der Waals surface area contributed by atoms with Crippen molar-refractivity contribution in [3.05, 3.63) is 122 Å². The monoisotopic (exact) mass is 482 g/mol. The molecule has 0 saturated carbocycles. The molecular formula is C30H22N6O. The molecule has 0 atom stereocenters. The molecule has 0 unspecified atom stereocenters. The zero-order chi connectivity index (χ0) is 24.6. The van der Waals surface area contributed by atoms with Crippen molar-refractivity contribution in [3.8, 4) is 17.3 Å². The van der Waals surface area contributed by atoms with Crippen molar-refractivity contribution in [2.45, 2.75) is 0 Å². The molecule has 6 aromatic rings. The van der Waals surface area contributed by atoms with Crippen LogP contribution in [0.4, 0.5) is 11.6 Å². The lowest BCUT2D eigenvalue weighted by Crippen LogP contribution is -2.25. The highest BCUT2D eigenvalue weighted by atomic mass is 16.5. The smallest absolute Gasteiger partial charge is 0.230 e. The van der Waals surface area contributed by atoms with E-state index in [0.717, 1.165) is 39.4 Å². The number of fused-ring (bicyclic) bond motifs is 3. The Morgan fingerprint density at radius 3 is 2.27 bits per heavy atom. The predicted molar refractivity (Wildman–Crippen MR) is 146 cm³/mol. The number of aromatic nitrogens is 4. The average molecular weight is 483 g/mol. The molecule has 4 heterocycles. The highest BCUT2D eigenvalue weighted by molar-refractivity contribution is 6.09. The zero-order valence-corrected chi connectivity index (χ0v) is 19.8. The summed E-state index contributed by atoms with van der Waals surface area (Å²) in [5.41, 5.74) is 3.19. The largest absolute Gasteiger partial charge is 0.457 e. The summed E-state index contributed by atoms with van der Waals surface area (Å²) < 4.78 is 8.55. The highest BCUT2D eigenvalue weighted by Gasteiger charge is 2.18. The van der Waals surface area contributed by atoms with E-state index in [1.807, 2.05) is 72.0 Å². The van der Waals surface area contributed by atoms with Gasteiger partial charge in [0.2, 0.25) is 5.95 Å². The first kappa shape index (κ1) is 21.1. The van der Waals surface area contributed by atoms with Gasteiger partial charge in [-0.15, -0.1) is 0 Å². The number of hydrogen-bond acceptors (Lipinski definition) is 6. The van der Waals surface area contributed by atoms with Crippen molar-refractivity contribution in [3.63, 3.8) is 0 Å². The van der Waals surface area contributed by atoms with E-state index in [9.17, 15) is 0 Å². The van der Waals surface area contributed by atoms with Crippen molar-refractivity contribution in [2.24, 2.45) is 0 Å². The minimum Gasteiger partial charge on any atom is -0.457 e. The lowest BCUT2D eigenvalue weighted by molar-refractivity contribution is 0.483. The van der Waals surface area contributed by atoms with Crippen LogP contribution in [0.2, 0.25) is 0 Å². The number of pyridine rings is 1. The molecule has 3 aromatic carbocycles. The molecule has 0 amide bonds. The van der Waals surface area contributed by atoms with Crippen LogP contribution in [0.1, 0.15) is 0 Å². The third kappa shape index (κ3) is 3.83. The van der Waals surface area contributed by atoms with Gasteiger partial charge in [0, 0.05) is 59.6 Å². The van der Waals surface area contributed by atoms with Crippen LogP contribution >= 0.6 is 0 Å². The van der Waals surface area contributed by atoms with Gasteiger partial charge in [-0.2, -0.15) is 0 Å². The number of rotatable bonds is 5. The molecule has 0 bridgehead atoms. The van der Waals surface area contributed by atoms with Crippen LogP contribution in [0.25, 0.3) is 27.6 Å². The summed E-state index contributed by atoms with van der Waals surface area (Å²) in [7, 11) is 0. The lowest BCUT2D eigenvalue weighted by atomic mass is 10.1. The number of nitrogens with zero attached hydrogens (tertiary/aromatic N) is 6. The van der Waals surface area contributed by atoms with E-state index in [-0.39, 0.29) is 0 Å². The summed E-state index contributed by atoms with van der Waals surface area (Å²) in [5.74, 6) is 3.08. The summed E-state index contributed by atoms with van der Waals surface area (Å²) in [6.07, 6.45) is 9.31. The van der Waals surface area contributed by atoms with Crippen molar-refractivity contribution in [1.29, 1.82) is 0 Å². The van der Waals surface area contributed by atoms with E-state index in [2.05, 4.69) is 66.9 Å². The molecule has 0 radical (unpaired) electrons. The molecule has 0 aliphatic carbocycles. The number of hydrogen-bond donors (Lipinski definition) is 0. The lowest BCUT2D eigenvalue weighted by Gasteiger charge is -2.20. The fourth-order valence-electron chi connectivity index (χ4n) is 4.76. The summed E-state index contributed by atoms with van der Waals surface area (Å²) in [6, 6.07) is 30.5. The van der Waals surface area contributed by atoms with E-state index >= 15 is 0 Å². The fourth-order valence-corrected chi connectivity index (χ4v) is 4.76. The maximum atomic E-state index is 6.36. The van der Waals surface area contributed by atoms with Gasteiger partial charge in [-0.1, -0.05) is 30.3 Å². The van der Waals surface area contributed by atoms with Gasteiger partial charge in [0.05, 0.1) is 11.0 Å². The summed E-state index contributed by atoms with van der Waals surface area (Å²) in [4.78, 5) is 17.4. The molecule has 0 N–H and O–H groups in total. The Morgan fingerprint density at radius 2 is 1.38 bits per heavy atom. The Balaban J connectivity index is 1.21. The normalized spacial score (nSPS) is 13.1. The molecule has 0 fully saturated rings. The Morgan fingerprint density at radius 1 is 0.595 bits per heavy atom. The molecule has 3 aromatic heterocycles. The van der Waals surface area contributed by atoms with Gasteiger partial charge in [0.1, 0.15) is 24.0 Å². The average Bonchev–Trinajstić information content (AvgIpc) is 3.58. The van der Waals surface area contributed by atoms with E-state index in [1.54, 1.807) is 12.4 Å². The third-order valence-electron chi connectivity index (χ3n) is 6.45. The Hall–Kier alpha value is -5.17. The van der Waals surface area contributed by atoms with Crippen LogP contribution in [0.5, 0.6) is 11.5 Å². The maximum Gasteiger partial charge on any atom is 0.230 e. The van der Waals surface area contributed by atoms with Crippen molar-refractivity contribution < 1.29 is 4.74 Å². The summed E-state index contributed by atoms with van der Waals surface area (Å²) >= 11 is 0. The standard InChI is InChI=1S/C30H22N6O/c1-2-10-27-25(9-1)26-13-12-24(20-28(26)36(27)29-11-3-4-14-31-29)37-23-8-5-7-22(19-23)34-17-18-35(21-34)30-32-15-6-16-33-30/h1-20H,21H2. The second-order valence-corrected chi connectivity index (χ2v) is 8.75. The molecule has 178 valence electrons. The van der Waals surface area contributed by atoms with Gasteiger partial charge in [0.15, 0.2) is 0 Å². The zero-order valence-electron chi connectivity index (χ0n) is 19.8. The van der Waals surface area contributed by atoms with E-state index < -0.39 is 0 Å². The Labute approximate surface area is 213 Å². The van der Waals surface area contributed by atoms with Crippen molar-refractivity contribution in [1.82, 2.24) is 19.5 Å². The second-order valence-electron chi connectivity index (χ2n) is 8.75. The minimum atomic E-state index is 0.629. The first-order valence-electron chi connectivity index (χ1n) is 12.0. The first-order valence-corrected chi connectivity index (χ1v) is 12.0. The molecule has 1 aliphatic heterocycles. The van der Waals surface area contributed by atoms with Crippen molar-refractivity contribution >= 4 is 33.4 Å². The second kappa shape index (κ2) is 8.80. The Kier molecular flexibility index (Phi) is 5.03. The maximum absolute atomic E-state index is 6.36. The van der Waals surface area contributed by atoms with Crippen LogP contribution in [-0.2, 0) is 0 Å². The summed E-state index contributed by atoms with van der Waals surface area (Å²) in [5, 5.41) is 2.34. The van der Waals surface area contributed by atoms with Gasteiger partial charge in [-0.05, 0) is 48.5 Å². The quantitative estimate of drug-likeness (QED) is 0.279. The predicted octanol–water partition coefficient (Wildman–Crippen LogP) is 6.52. The van der Waals surface area contributed by atoms with E-state index in [0.29, 0.717) is 12.6 Å². The molecular weight excluding hydrogens is 460 g/mol. The number of ether oxygens (including phenoxy) is 1. The number of anilines is 2. The third-order valence-corrected chi connectivity index (χ3v) is 6.45. The van der Waals surface area contributed by atoms with Gasteiger partial charge < -0.3 is 9.64 Å². The molecule has 1 aliphatic rings. The van der Waals surface area contributed by atoms with Crippen LogP contribution in [0.15, 0.2) is 122 Å². The van der Waals surface area contributed by atoms with Crippen LogP contribution < -0.4 is 14.5 Å². The van der Waals surface area contributed by atoms with Gasteiger partial charge in [0.25, 0.3) is 0 Å². The van der Waals surface area contributed by atoms with E-state index in [4.69, 9.17) is 4.74 Å². The topological polar surface area (TPSA) is 59.3 Å². The van der Waals surface area contributed by atoms with Gasteiger partial charge in [-0.25, -0.2) is 15.0 Å². The highest BCUT2D eigenvalue weighted by Crippen LogP contribution is 2.35. The number of benzene rings is 3. The molecule has 0 spiro atoms. The Bertz CT molecular complexity index is 1750. The first-order chi connectivity index (χ1) is 18.3. The molecule has 7 nitrogen and oxygen atoms in total. The van der Waals surface area contributed by atoms with Gasteiger partial charge >= 0.3 is 0 Å². The van der Waals surface area contributed by atoms with E-state index in [1.165, 1.54) is 5.39 Å². The molecule has 7 heteroatoms. The molecule has 7 rings (SSSR count). The minimum absolute atomic E-state index is 0.629. The van der Waals surface area contributed by atoms with Crippen molar-refractivity contribution in [2.75, 3.05) is 16.5 Å². The fraction of sp³-hybridized carbons (Fsp3) is 0.0333. The molecule has 37 heavy (non-hydrogen) atoms. The molecule has 0 saturated heterocycles. The van der Waals surface area contributed by atoms with Crippen LogP contribution in [0, 0.1) is 0 Å².